The molecule has 1 aromatic rings. The Balaban J connectivity index is 2.13. The number of amides is 1. The normalized spacial score (nSPS) is 24.3. The molecule has 2 rings (SSSR count). The number of halogens is 1. The molecule has 1 fully saturated rings. The van der Waals surface area contributed by atoms with Crippen LogP contribution >= 0.6 is 0 Å². The van der Waals surface area contributed by atoms with E-state index in [2.05, 4.69) is 9.97 Å². The highest BCUT2D eigenvalue weighted by atomic mass is 19.1. The number of aromatic amines is 1. The van der Waals surface area contributed by atoms with Crippen molar-refractivity contribution < 1.29 is 13.9 Å². The molecule has 5 nitrogen and oxygen atoms in total. The van der Waals surface area contributed by atoms with Crippen molar-refractivity contribution in [3.63, 3.8) is 0 Å². The first-order chi connectivity index (χ1) is 8.37. The smallest absolute Gasteiger partial charge is 0.411 e. The van der Waals surface area contributed by atoms with Crippen molar-refractivity contribution in [2.75, 3.05) is 6.54 Å². The molecule has 6 heteroatoms. The molecular formula is C12H18FN3O2. The van der Waals surface area contributed by atoms with E-state index >= 15 is 0 Å². The fourth-order valence-corrected chi connectivity index (χ4v) is 2.03. The van der Waals surface area contributed by atoms with Crippen LogP contribution in [-0.4, -0.2) is 39.3 Å². The van der Waals surface area contributed by atoms with E-state index in [9.17, 15) is 9.18 Å². The lowest BCUT2D eigenvalue weighted by atomic mass is 10.2. The van der Waals surface area contributed by atoms with Crippen molar-refractivity contribution in [1.29, 1.82) is 0 Å². The van der Waals surface area contributed by atoms with Gasteiger partial charge in [0.05, 0.1) is 12.6 Å². The van der Waals surface area contributed by atoms with Gasteiger partial charge in [0.25, 0.3) is 0 Å². The third kappa shape index (κ3) is 2.80. The highest BCUT2D eigenvalue weighted by molar-refractivity contribution is 5.69. The zero-order chi connectivity index (χ0) is 13.3. The van der Waals surface area contributed by atoms with E-state index in [1.165, 1.54) is 4.90 Å². The van der Waals surface area contributed by atoms with Crippen LogP contribution in [0.3, 0.4) is 0 Å². The number of aromatic nitrogens is 2. The summed E-state index contributed by atoms with van der Waals surface area (Å²) in [6.45, 7) is 5.42. The fraction of sp³-hybridized carbons (Fsp3) is 0.667. The number of hydrogen-bond donors (Lipinski definition) is 1. The summed E-state index contributed by atoms with van der Waals surface area (Å²) in [4.78, 5) is 20.4. The molecular weight excluding hydrogens is 237 g/mol. The van der Waals surface area contributed by atoms with Crippen LogP contribution in [-0.2, 0) is 4.74 Å². The SMILES string of the molecule is CC(C)(C)OC(=O)N1C[C@@H](F)C[C@H]1c1ncc[nH]1. The van der Waals surface area contributed by atoms with Crippen molar-refractivity contribution >= 4 is 6.09 Å². The summed E-state index contributed by atoms with van der Waals surface area (Å²) < 4.78 is 18.8. The molecule has 1 aliphatic heterocycles. The van der Waals surface area contributed by atoms with E-state index in [4.69, 9.17) is 4.74 Å². The number of nitrogens with one attached hydrogen (secondary N) is 1. The van der Waals surface area contributed by atoms with Crippen molar-refractivity contribution in [2.45, 2.75) is 45.0 Å². The number of alkyl halides is 1. The minimum absolute atomic E-state index is 0.0558. The van der Waals surface area contributed by atoms with Crippen molar-refractivity contribution in [3.8, 4) is 0 Å². The minimum atomic E-state index is -1.03. The first-order valence-electron chi connectivity index (χ1n) is 6.00. The molecule has 0 radical (unpaired) electrons. The van der Waals surface area contributed by atoms with Crippen molar-refractivity contribution in [1.82, 2.24) is 14.9 Å². The van der Waals surface area contributed by atoms with Gasteiger partial charge in [-0.15, -0.1) is 0 Å². The molecule has 1 saturated heterocycles. The molecule has 100 valence electrons. The molecule has 2 heterocycles. The second-order valence-electron chi connectivity index (χ2n) is 5.46. The van der Waals surface area contributed by atoms with Gasteiger partial charge in [-0.1, -0.05) is 0 Å². The van der Waals surface area contributed by atoms with Gasteiger partial charge in [0.1, 0.15) is 17.6 Å². The molecule has 0 unspecified atom stereocenters. The van der Waals surface area contributed by atoms with Gasteiger partial charge < -0.3 is 9.72 Å². The largest absolute Gasteiger partial charge is 0.444 e. The quantitative estimate of drug-likeness (QED) is 0.838. The molecule has 0 saturated carbocycles. The Labute approximate surface area is 105 Å². The lowest BCUT2D eigenvalue weighted by Gasteiger charge is -2.27. The van der Waals surface area contributed by atoms with E-state index in [0.717, 1.165) is 0 Å². The van der Waals surface area contributed by atoms with Crippen LogP contribution in [0.4, 0.5) is 9.18 Å². The summed E-state index contributed by atoms with van der Waals surface area (Å²) in [5.74, 6) is 0.598. The summed E-state index contributed by atoms with van der Waals surface area (Å²) in [6.07, 6.45) is 1.98. The average molecular weight is 255 g/mol. The van der Waals surface area contributed by atoms with Crippen LogP contribution in [0.2, 0.25) is 0 Å². The third-order valence-electron chi connectivity index (χ3n) is 2.71. The highest BCUT2D eigenvalue weighted by Gasteiger charge is 2.39. The van der Waals surface area contributed by atoms with Gasteiger partial charge in [0.15, 0.2) is 0 Å². The number of rotatable bonds is 1. The molecule has 0 aliphatic carbocycles. The molecule has 1 N–H and O–H groups in total. The monoisotopic (exact) mass is 255 g/mol. The Morgan fingerprint density at radius 3 is 2.89 bits per heavy atom. The number of H-pyrrole nitrogens is 1. The van der Waals surface area contributed by atoms with Gasteiger partial charge in [-0.05, 0) is 20.8 Å². The van der Waals surface area contributed by atoms with Crippen molar-refractivity contribution in [2.24, 2.45) is 0 Å². The molecule has 2 atom stereocenters. The minimum Gasteiger partial charge on any atom is -0.444 e. The van der Waals surface area contributed by atoms with E-state index in [-0.39, 0.29) is 19.0 Å². The van der Waals surface area contributed by atoms with Gasteiger partial charge in [-0.25, -0.2) is 14.2 Å². The fourth-order valence-electron chi connectivity index (χ4n) is 2.03. The summed E-state index contributed by atoms with van der Waals surface area (Å²) in [6, 6.07) is -0.371. The summed E-state index contributed by atoms with van der Waals surface area (Å²) >= 11 is 0. The Hall–Kier alpha value is -1.59. The van der Waals surface area contributed by atoms with Crippen LogP contribution < -0.4 is 0 Å². The number of carbonyl (C=O) groups is 1. The summed E-state index contributed by atoms with van der Waals surface area (Å²) in [5.41, 5.74) is -0.584. The van der Waals surface area contributed by atoms with E-state index in [1.54, 1.807) is 33.2 Å². The zero-order valence-corrected chi connectivity index (χ0v) is 10.8. The van der Waals surface area contributed by atoms with Gasteiger partial charge >= 0.3 is 6.09 Å². The Morgan fingerprint density at radius 2 is 2.33 bits per heavy atom. The number of ether oxygens (including phenoxy) is 1. The standard InChI is InChI=1S/C12H18FN3O2/c1-12(2,3)18-11(17)16-7-8(13)6-9(16)10-14-4-5-15-10/h4-5,8-9H,6-7H2,1-3H3,(H,14,15)/t8-,9-/m0/s1. The van der Waals surface area contributed by atoms with Crippen LogP contribution in [0.5, 0.6) is 0 Å². The predicted octanol–water partition coefficient (Wildman–Crippen LogP) is 2.43. The van der Waals surface area contributed by atoms with Gasteiger partial charge in [-0.2, -0.15) is 0 Å². The molecule has 0 spiro atoms. The van der Waals surface area contributed by atoms with Crippen LogP contribution in [0.15, 0.2) is 12.4 Å². The zero-order valence-electron chi connectivity index (χ0n) is 10.8. The molecule has 0 bridgehead atoms. The number of hydrogen-bond acceptors (Lipinski definition) is 3. The predicted molar refractivity (Wildman–Crippen MR) is 63.8 cm³/mol. The van der Waals surface area contributed by atoms with E-state index in [0.29, 0.717) is 5.82 Å². The van der Waals surface area contributed by atoms with E-state index < -0.39 is 17.9 Å². The maximum absolute atomic E-state index is 13.5. The van der Waals surface area contributed by atoms with Crippen molar-refractivity contribution in [3.05, 3.63) is 18.2 Å². The molecule has 1 aliphatic rings. The topological polar surface area (TPSA) is 58.2 Å². The lowest BCUT2D eigenvalue weighted by molar-refractivity contribution is 0.0211. The lowest BCUT2D eigenvalue weighted by Crippen LogP contribution is -2.37. The first-order valence-corrected chi connectivity index (χ1v) is 6.00. The summed E-state index contributed by atoms with van der Waals surface area (Å²) in [7, 11) is 0. The molecule has 1 aromatic heterocycles. The molecule has 18 heavy (non-hydrogen) atoms. The van der Waals surface area contributed by atoms with Crippen LogP contribution in [0.25, 0.3) is 0 Å². The number of imidazole rings is 1. The number of likely N-dealkylation sites (tertiary alicyclic amines) is 1. The molecule has 0 aromatic carbocycles. The third-order valence-corrected chi connectivity index (χ3v) is 2.71. The van der Waals surface area contributed by atoms with Gasteiger partial charge in [0.2, 0.25) is 0 Å². The Morgan fingerprint density at radius 1 is 1.61 bits per heavy atom. The highest BCUT2D eigenvalue weighted by Crippen LogP contribution is 2.32. The number of carbonyl (C=O) groups excluding carboxylic acids is 1. The maximum atomic E-state index is 13.5. The van der Waals surface area contributed by atoms with Crippen LogP contribution in [0.1, 0.15) is 39.1 Å². The van der Waals surface area contributed by atoms with Crippen LogP contribution in [0, 0.1) is 0 Å². The van der Waals surface area contributed by atoms with E-state index in [1.807, 2.05) is 0 Å². The summed E-state index contributed by atoms with van der Waals surface area (Å²) in [5, 5.41) is 0. The number of nitrogens with zero attached hydrogens (tertiary/aromatic N) is 2. The van der Waals surface area contributed by atoms with Gasteiger partial charge in [-0.3, -0.25) is 4.90 Å². The van der Waals surface area contributed by atoms with Gasteiger partial charge in [0, 0.05) is 18.8 Å². The average Bonchev–Trinajstić information content (AvgIpc) is 2.82. The second kappa shape index (κ2) is 4.59. The molecule has 1 amide bonds. The first kappa shape index (κ1) is 12.9. The Bertz CT molecular complexity index is 413. The Kier molecular flexibility index (Phi) is 3.28. The maximum Gasteiger partial charge on any atom is 0.411 e. The second-order valence-corrected chi connectivity index (χ2v) is 5.46.